The molecule has 4 heterocycles. The number of piperidine rings is 1. The normalized spacial score (nSPS) is 21.3. The van der Waals surface area contributed by atoms with E-state index < -0.39 is 5.97 Å². The van der Waals surface area contributed by atoms with Gasteiger partial charge in [-0.05, 0) is 48.8 Å². The van der Waals surface area contributed by atoms with Gasteiger partial charge in [0.25, 0.3) is 0 Å². The number of benzene rings is 1. The number of hydrogen-bond acceptors (Lipinski definition) is 8. The van der Waals surface area contributed by atoms with Gasteiger partial charge in [0.2, 0.25) is 0 Å². The van der Waals surface area contributed by atoms with Crippen LogP contribution in [-0.2, 0) is 0 Å². The van der Waals surface area contributed by atoms with Gasteiger partial charge in [0, 0.05) is 72.7 Å². The molecule has 1 saturated heterocycles. The lowest BCUT2D eigenvalue weighted by Gasteiger charge is -2.22. The first-order valence-electron chi connectivity index (χ1n) is 14.1. The lowest BCUT2D eigenvalue weighted by atomic mass is 10.0. The van der Waals surface area contributed by atoms with Gasteiger partial charge < -0.3 is 24.4 Å². The molecule has 2 atom stereocenters. The summed E-state index contributed by atoms with van der Waals surface area (Å²) >= 11 is 12.9. The van der Waals surface area contributed by atoms with Crippen LogP contribution >= 0.6 is 23.2 Å². The highest BCUT2D eigenvalue weighted by Crippen LogP contribution is 2.54. The number of carbonyl (C=O) groups is 1. The molecule has 0 radical (unpaired) electrons. The molecular weight excluding hydrogens is 579 g/mol. The van der Waals surface area contributed by atoms with Gasteiger partial charge in [-0.15, -0.1) is 0 Å². The molecule has 4 aromatic rings. The Balaban J connectivity index is 1.10. The number of allylic oxidation sites excluding steroid dienone is 1. The topological polar surface area (TPSA) is 122 Å². The van der Waals surface area contributed by atoms with Gasteiger partial charge in [-0.25, -0.2) is 9.78 Å². The van der Waals surface area contributed by atoms with E-state index in [1.807, 2.05) is 18.2 Å². The highest BCUT2D eigenvalue weighted by molar-refractivity contribution is 6.39. The van der Waals surface area contributed by atoms with Gasteiger partial charge in [0.1, 0.15) is 17.2 Å². The Labute approximate surface area is 251 Å². The Morgan fingerprint density at radius 2 is 1.90 bits per heavy atom. The van der Waals surface area contributed by atoms with E-state index >= 15 is 0 Å². The third kappa shape index (κ3) is 4.99. The average Bonchev–Trinajstić information content (AvgIpc) is 3.84. The van der Waals surface area contributed by atoms with Crippen LogP contribution in [0, 0.1) is 17.8 Å². The molecule has 2 unspecified atom stereocenters. The molecule has 42 heavy (non-hydrogen) atoms. The Kier molecular flexibility index (Phi) is 7.04. The van der Waals surface area contributed by atoms with Crippen LogP contribution in [0.1, 0.15) is 47.0 Å². The summed E-state index contributed by atoms with van der Waals surface area (Å²) in [5.41, 5.74) is 3.80. The molecule has 0 spiro atoms. The van der Waals surface area contributed by atoms with Crippen molar-refractivity contribution in [3.05, 3.63) is 69.8 Å². The van der Waals surface area contributed by atoms with Crippen LogP contribution in [0.15, 0.2) is 47.3 Å². The third-order valence-corrected chi connectivity index (χ3v) is 9.01. The summed E-state index contributed by atoms with van der Waals surface area (Å²) in [5, 5.41) is 24.6. The highest BCUT2D eigenvalue weighted by atomic mass is 35.5. The van der Waals surface area contributed by atoms with Crippen LogP contribution in [0.25, 0.3) is 28.2 Å². The molecule has 1 aromatic carbocycles. The van der Waals surface area contributed by atoms with Crippen molar-refractivity contribution in [2.24, 2.45) is 17.8 Å². The molecule has 1 aliphatic heterocycles. The van der Waals surface area contributed by atoms with E-state index in [2.05, 4.69) is 32.2 Å². The number of carboxylic acids is 1. The minimum Gasteiger partial charge on any atom is -0.493 e. The lowest BCUT2D eigenvalue weighted by molar-refractivity contribution is 0.0690. The minimum absolute atomic E-state index is 0.00222. The molecule has 9 nitrogen and oxygen atoms in total. The Bertz CT molecular complexity index is 1690. The molecule has 0 amide bonds. The number of halogens is 2. The van der Waals surface area contributed by atoms with Crippen LogP contribution < -0.4 is 9.64 Å². The number of anilines is 1. The van der Waals surface area contributed by atoms with E-state index in [9.17, 15) is 9.90 Å². The first-order chi connectivity index (χ1) is 20.4. The van der Waals surface area contributed by atoms with Crippen molar-refractivity contribution in [2.75, 3.05) is 31.2 Å². The lowest BCUT2D eigenvalue weighted by Crippen LogP contribution is -2.23. The van der Waals surface area contributed by atoms with Crippen LogP contribution in [0.5, 0.6) is 5.75 Å². The first-order valence-corrected chi connectivity index (χ1v) is 14.8. The van der Waals surface area contributed by atoms with Crippen LogP contribution in [-0.4, -0.2) is 57.6 Å². The van der Waals surface area contributed by atoms with E-state index in [0.717, 1.165) is 48.3 Å². The summed E-state index contributed by atoms with van der Waals surface area (Å²) in [6.45, 7) is 2.12. The molecule has 216 valence electrons. The number of aliphatic hydroxyl groups excluding tert-OH is 1. The first kappa shape index (κ1) is 27.2. The van der Waals surface area contributed by atoms with Crippen molar-refractivity contribution >= 4 is 51.8 Å². The zero-order valence-electron chi connectivity index (χ0n) is 22.5. The fourth-order valence-corrected chi connectivity index (χ4v) is 6.60. The molecule has 7 rings (SSSR count). The summed E-state index contributed by atoms with van der Waals surface area (Å²) in [6.07, 6.45) is 10.2. The van der Waals surface area contributed by atoms with E-state index in [0.29, 0.717) is 62.7 Å². The molecule has 2 aliphatic carbocycles. The van der Waals surface area contributed by atoms with Crippen molar-refractivity contribution in [3.63, 3.8) is 0 Å². The second-order valence-electron chi connectivity index (χ2n) is 11.2. The van der Waals surface area contributed by atoms with E-state index in [1.54, 1.807) is 12.4 Å². The molecule has 2 N–H and O–H groups in total. The molecule has 3 fully saturated rings. The monoisotopic (exact) mass is 606 g/mol. The number of fused-ring (bicyclic) bond motifs is 2. The van der Waals surface area contributed by atoms with Crippen molar-refractivity contribution in [3.8, 4) is 17.0 Å². The second kappa shape index (κ2) is 10.9. The smallest absolute Gasteiger partial charge is 0.354 e. The summed E-state index contributed by atoms with van der Waals surface area (Å²) in [4.78, 5) is 22.3. The van der Waals surface area contributed by atoms with Gasteiger partial charge >= 0.3 is 5.97 Å². The molecule has 2 saturated carbocycles. The Morgan fingerprint density at radius 1 is 1.14 bits per heavy atom. The summed E-state index contributed by atoms with van der Waals surface area (Å²) in [5.74, 6) is 2.15. The molecule has 0 bridgehead atoms. The summed E-state index contributed by atoms with van der Waals surface area (Å²) in [7, 11) is 0. The van der Waals surface area contributed by atoms with Gasteiger partial charge in [-0.3, -0.25) is 4.98 Å². The maximum absolute atomic E-state index is 11.6. The zero-order valence-corrected chi connectivity index (χ0v) is 24.1. The van der Waals surface area contributed by atoms with E-state index in [-0.39, 0.29) is 18.9 Å². The Morgan fingerprint density at radius 3 is 2.60 bits per heavy atom. The summed E-state index contributed by atoms with van der Waals surface area (Å²) < 4.78 is 11.6. The number of ether oxygens (including phenoxy) is 1. The van der Waals surface area contributed by atoms with Crippen molar-refractivity contribution in [1.82, 2.24) is 15.1 Å². The van der Waals surface area contributed by atoms with Crippen LogP contribution in [0.2, 0.25) is 10.0 Å². The molecule has 3 aliphatic rings. The van der Waals surface area contributed by atoms with Gasteiger partial charge in [-0.1, -0.05) is 40.5 Å². The number of rotatable bonds is 10. The third-order valence-electron chi connectivity index (χ3n) is 8.44. The molecule has 3 aromatic heterocycles. The number of hydrogen-bond donors (Lipinski definition) is 2. The number of nitrogens with zero attached hydrogens (tertiary/aromatic N) is 4. The number of aliphatic hydroxyl groups is 1. The quantitative estimate of drug-likeness (QED) is 0.199. The number of pyridine rings is 2. The van der Waals surface area contributed by atoms with Gasteiger partial charge in [-0.2, -0.15) is 0 Å². The van der Waals surface area contributed by atoms with Crippen molar-refractivity contribution < 1.29 is 24.3 Å². The van der Waals surface area contributed by atoms with Gasteiger partial charge in [0.05, 0.1) is 22.2 Å². The standard InChI is InChI=1S/C31H28Cl2N4O5/c32-23-12-34-13-24(33)28(23)29-19(30(42-36-29)16-2-3-16)6-5-18-21-14-37(15-22(18)21)17-4-7-25-20(10-17)27(41-9-1-8-38)11-26(35-25)31(39)40/h4-7,10-13,16,18,21-22,38H,1-3,8-9,14-15H2,(H,39,40)/b6-5+. The largest absolute Gasteiger partial charge is 0.493 e. The minimum atomic E-state index is -1.11. The highest BCUT2D eigenvalue weighted by Gasteiger charge is 2.54. The van der Waals surface area contributed by atoms with Crippen molar-refractivity contribution in [2.45, 2.75) is 25.2 Å². The Hall–Kier alpha value is -3.66. The van der Waals surface area contributed by atoms with E-state index in [1.165, 1.54) is 6.07 Å². The van der Waals surface area contributed by atoms with E-state index in [4.69, 9.17) is 37.6 Å². The number of carboxylic acid groups (broad SMARTS) is 1. The number of aromatic nitrogens is 3. The number of aromatic carboxylic acids is 1. The second-order valence-corrected chi connectivity index (χ2v) is 12.0. The maximum Gasteiger partial charge on any atom is 0.354 e. The predicted octanol–water partition coefficient (Wildman–Crippen LogP) is 6.32. The van der Waals surface area contributed by atoms with Crippen LogP contribution in [0.4, 0.5) is 5.69 Å². The fourth-order valence-electron chi connectivity index (χ4n) is 6.06. The maximum atomic E-state index is 11.6. The SMILES string of the molecule is O=C(O)c1cc(OCCCO)c2cc(N3CC4C(/C=C/c5c(-c6c(Cl)cncc6Cl)noc5C5CC5)C4C3)ccc2n1. The fraction of sp³-hybridized carbons (Fsp3) is 0.355. The van der Waals surface area contributed by atoms with Gasteiger partial charge in [0.15, 0.2) is 5.69 Å². The van der Waals surface area contributed by atoms with Crippen LogP contribution in [0.3, 0.4) is 0 Å². The van der Waals surface area contributed by atoms with Crippen molar-refractivity contribution in [1.29, 1.82) is 0 Å². The predicted molar refractivity (Wildman–Crippen MR) is 159 cm³/mol. The molecular formula is C31H28Cl2N4O5. The zero-order chi connectivity index (χ0) is 29.0. The average molecular weight is 607 g/mol. The molecule has 11 heteroatoms. The summed E-state index contributed by atoms with van der Waals surface area (Å²) in [6, 6.07) is 7.31.